The Kier molecular flexibility index (Phi) is 4.99. The second kappa shape index (κ2) is 7.47. The molecule has 0 aliphatic carbocycles. The Bertz CT molecular complexity index is 1030. The first-order chi connectivity index (χ1) is 13.8. The van der Waals surface area contributed by atoms with E-state index in [1.165, 1.54) is 6.07 Å². The van der Waals surface area contributed by atoms with Crippen LogP contribution in [0.4, 0.5) is 17.6 Å². The van der Waals surface area contributed by atoms with Gasteiger partial charge < -0.3 is 4.74 Å². The molecule has 0 amide bonds. The first-order valence-electron chi connectivity index (χ1n) is 9.04. The number of rotatable bonds is 4. The summed E-state index contributed by atoms with van der Waals surface area (Å²) in [5.74, 6) is -1.86. The maximum absolute atomic E-state index is 13.9. The maximum Gasteiger partial charge on any atom is 0.573 e. The van der Waals surface area contributed by atoms with Gasteiger partial charge in [0.15, 0.2) is 11.6 Å². The minimum Gasteiger partial charge on any atom is -0.403 e. The summed E-state index contributed by atoms with van der Waals surface area (Å²) in [6.45, 7) is 4.35. The third-order valence-electron chi connectivity index (χ3n) is 4.76. The van der Waals surface area contributed by atoms with Crippen LogP contribution in [0, 0.1) is 12.7 Å². The highest BCUT2D eigenvalue weighted by Crippen LogP contribution is 2.27. The SMILES string of the molecule is Cc1cccnc1-c1cc2n(n1)CCN(Cc1ccc(OC(F)(F)F)c(F)c1)C2. The predicted octanol–water partition coefficient (Wildman–Crippen LogP) is 4.31. The van der Waals surface area contributed by atoms with Crippen molar-refractivity contribution in [3.63, 3.8) is 0 Å². The van der Waals surface area contributed by atoms with E-state index >= 15 is 0 Å². The van der Waals surface area contributed by atoms with Crippen LogP contribution in [0.15, 0.2) is 42.6 Å². The first kappa shape index (κ1) is 19.4. The lowest BCUT2D eigenvalue weighted by Gasteiger charge is -2.27. The van der Waals surface area contributed by atoms with Gasteiger partial charge in [-0.1, -0.05) is 12.1 Å². The molecule has 0 N–H and O–H groups in total. The molecule has 3 heterocycles. The van der Waals surface area contributed by atoms with Crippen molar-refractivity contribution in [1.82, 2.24) is 19.7 Å². The number of alkyl halides is 3. The number of halogens is 4. The molecule has 0 saturated heterocycles. The molecular formula is C20H18F4N4O. The molecule has 0 unspecified atom stereocenters. The Morgan fingerprint density at radius 3 is 2.69 bits per heavy atom. The second-order valence-electron chi connectivity index (χ2n) is 6.94. The van der Waals surface area contributed by atoms with Crippen molar-refractivity contribution < 1.29 is 22.3 Å². The van der Waals surface area contributed by atoms with Gasteiger partial charge in [-0.25, -0.2) is 4.39 Å². The van der Waals surface area contributed by atoms with Gasteiger partial charge >= 0.3 is 6.36 Å². The summed E-state index contributed by atoms with van der Waals surface area (Å²) in [7, 11) is 0. The van der Waals surface area contributed by atoms with Crippen molar-refractivity contribution in [2.45, 2.75) is 32.9 Å². The summed E-state index contributed by atoms with van der Waals surface area (Å²) in [6.07, 6.45) is -3.19. The molecule has 29 heavy (non-hydrogen) atoms. The summed E-state index contributed by atoms with van der Waals surface area (Å²) in [4.78, 5) is 6.49. The molecule has 3 aromatic rings. The van der Waals surface area contributed by atoms with Crippen LogP contribution in [0.25, 0.3) is 11.4 Å². The van der Waals surface area contributed by atoms with Crippen LogP contribution in [0.2, 0.25) is 0 Å². The fourth-order valence-corrected chi connectivity index (χ4v) is 3.43. The molecule has 2 aromatic heterocycles. The lowest BCUT2D eigenvalue weighted by atomic mass is 10.1. The Morgan fingerprint density at radius 2 is 1.97 bits per heavy atom. The van der Waals surface area contributed by atoms with Gasteiger partial charge in [0.2, 0.25) is 0 Å². The number of hydrogen-bond donors (Lipinski definition) is 0. The van der Waals surface area contributed by atoms with Crippen molar-refractivity contribution in [2.75, 3.05) is 6.54 Å². The third-order valence-corrected chi connectivity index (χ3v) is 4.76. The van der Waals surface area contributed by atoms with E-state index in [9.17, 15) is 17.6 Å². The number of aryl methyl sites for hydroxylation is 1. The Balaban J connectivity index is 1.47. The van der Waals surface area contributed by atoms with E-state index in [2.05, 4.69) is 19.7 Å². The van der Waals surface area contributed by atoms with Gasteiger partial charge in [0.05, 0.1) is 17.9 Å². The van der Waals surface area contributed by atoms with E-state index < -0.39 is 17.9 Å². The number of benzene rings is 1. The zero-order chi connectivity index (χ0) is 20.6. The Labute approximate surface area is 164 Å². The van der Waals surface area contributed by atoms with Crippen LogP contribution >= 0.6 is 0 Å². The van der Waals surface area contributed by atoms with Crippen molar-refractivity contribution in [1.29, 1.82) is 0 Å². The molecule has 0 atom stereocenters. The van der Waals surface area contributed by atoms with Crippen LogP contribution in [-0.4, -0.2) is 32.6 Å². The third kappa shape index (κ3) is 4.40. The monoisotopic (exact) mass is 406 g/mol. The average Bonchev–Trinajstić information content (AvgIpc) is 3.06. The van der Waals surface area contributed by atoms with Gasteiger partial charge in [0, 0.05) is 25.8 Å². The highest BCUT2D eigenvalue weighted by atomic mass is 19.4. The average molecular weight is 406 g/mol. The molecule has 152 valence electrons. The van der Waals surface area contributed by atoms with Crippen LogP contribution in [-0.2, 0) is 19.6 Å². The van der Waals surface area contributed by atoms with Crippen LogP contribution < -0.4 is 4.74 Å². The minimum atomic E-state index is -4.92. The van der Waals surface area contributed by atoms with Gasteiger partial charge in [-0.15, -0.1) is 13.2 Å². The summed E-state index contributed by atoms with van der Waals surface area (Å²) in [5, 5.41) is 4.63. The Morgan fingerprint density at radius 1 is 1.14 bits per heavy atom. The molecule has 0 bridgehead atoms. The van der Waals surface area contributed by atoms with E-state index in [1.807, 2.05) is 29.8 Å². The van der Waals surface area contributed by atoms with Crippen LogP contribution in [0.5, 0.6) is 5.75 Å². The predicted molar refractivity (Wildman–Crippen MR) is 97.4 cm³/mol. The molecule has 1 aromatic carbocycles. The standard InChI is InChI=1S/C20H18F4N4O/c1-13-3-2-6-25-19(13)17-10-15-12-27(7-8-28(15)26-17)11-14-4-5-18(16(21)9-14)29-20(22,23)24/h2-6,9-10H,7-8,11-12H2,1H3. The summed E-state index contributed by atoms with van der Waals surface area (Å²) in [5.41, 5.74) is 4.26. The number of fused-ring (bicyclic) bond motifs is 1. The summed E-state index contributed by atoms with van der Waals surface area (Å²) in [6, 6.07) is 9.37. The molecule has 1 aliphatic heterocycles. The van der Waals surface area contributed by atoms with Crippen LogP contribution in [0.1, 0.15) is 16.8 Å². The number of nitrogens with zero attached hydrogens (tertiary/aromatic N) is 4. The maximum atomic E-state index is 13.9. The smallest absolute Gasteiger partial charge is 0.403 e. The quantitative estimate of drug-likeness (QED) is 0.606. The molecule has 0 spiro atoms. The summed E-state index contributed by atoms with van der Waals surface area (Å²) >= 11 is 0. The zero-order valence-electron chi connectivity index (χ0n) is 15.6. The molecule has 0 fully saturated rings. The Hall–Kier alpha value is -2.94. The lowest BCUT2D eigenvalue weighted by molar-refractivity contribution is -0.275. The molecule has 0 radical (unpaired) electrons. The number of aromatic nitrogens is 3. The fraction of sp³-hybridized carbons (Fsp3) is 0.300. The summed E-state index contributed by atoms with van der Waals surface area (Å²) < 4.78 is 56.4. The number of hydrogen-bond acceptors (Lipinski definition) is 4. The zero-order valence-corrected chi connectivity index (χ0v) is 15.6. The lowest BCUT2D eigenvalue weighted by Crippen LogP contribution is -2.33. The van der Waals surface area contributed by atoms with Crippen molar-refractivity contribution in [2.24, 2.45) is 0 Å². The van der Waals surface area contributed by atoms with Gasteiger partial charge in [0.25, 0.3) is 0 Å². The largest absolute Gasteiger partial charge is 0.573 e. The van der Waals surface area contributed by atoms with E-state index in [0.717, 1.165) is 34.8 Å². The van der Waals surface area contributed by atoms with Gasteiger partial charge in [-0.2, -0.15) is 5.10 Å². The number of ether oxygens (including phenoxy) is 1. The molecule has 1 aliphatic rings. The van der Waals surface area contributed by atoms with Gasteiger partial charge in [0.1, 0.15) is 5.69 Å². The number of pyridine rings is 1. The molecular weight excluding hydrogens is 388 g/mol. The van der Waals surface area contributed by atoms with E-state index in [4.69, 9.17) is 0 Å². The van der Waals surface area contributed by atoms with Crippen molar-refractivity contribution in [3.05, 3.63) is 65.2 Å². The van der Waals surface area contributed by atoms with Gasteiger partial charge in [-0.3, -0.25) is 14.6 Å². The van der Waals surface area contributed by atoms with E-state index in [0.29, 0.717) is 31.7 Å². The van der Waals surface area contributed by atoms with Gasteiger partial charge in [-0.05, 0) is 42.3 Å². The second-order valence-corrected chi connectivity index (χ2v) is 6.94. The molecule has 4 rings (SSSR count). The van der Waals surface area contributed by atoms with Crippen molar-refractivity contribution in [3.8, 4) is 17.1 Å². The van der Waals surface area contributed by atoms with E-state index in [1.54, 1.807) is 6.20 Å². The topological polar surface area (TPSA) is 43.2 Å². The first-order valence-corrected chi connectivity index (χ1v) is 9.04. The molecule has 9 heteroatoms. The molecule has 5 nitrogen and oxygen atoms in total. The fourth-order valence-electron chi connectivity index (χ4n) is 3.43. The van der Waals surface area contributed by atoms with Crippen molar-refractivity contribution >= 4 is 0 Å². The highest BCUT2D eigenvalue weighted by molar-refractivity contribution is 5.58. The highest BCUT2D eigenvalue weighted by Gasteiger charge is 2.32. The van der Waals surface area contributed by atoms with Crippen LogP contribution in [0.3, 0.4) is 0 Å². The van der Waals surface area contributed by atoms with E-state index in [-0.39, 0.29) is 0 Å². The molecule has 0 saturated carbocycles. The normalized spacial score (nSPS) is 14.7. The minimum absolute atomic E-state index is 0.409.